The Kier molecular flexibility index (Phi) is 4.72. The van der Waals surface area contributed by atoms with E-state index in [0.29, 0.717) is 38.3 Å². The van der Waals surface area contributed by atoms with Gasteiger partial charge in [-0.3, -0.25) is 4.79 Å². The van der Waals surface area contributed by atoms with Crippen molar-refractivity contribution >= 4 is 11.6 Å². The fourth-order valence-corrected chi connectivity index (χ4v) is 2.28. The highest BCUT2D eigenvalue weighted by molar-refractivity contribution is 5.97. The molecule has 2 rings (SSSR count). The van der Waals surface area contributed by atoms with E-state index < -0.39 is 5.41 Å². The first-order valence-electron chi connectivity index (χ1n) is 6.59. The van der Waals surface area contributed by atoms with Gasteiger partial charge in [-0.2, -0.15) is 5.26 Å². The molecule has 0 atom stereocenters. The zero-order valence-corrected chi connectivity index (χ0v) is 11.5. The first kappa shape index (κ1) is 14.5. The van der Waals surface area contributed by atoms with E-state index in [1.54, 1.807) is 7.11 Å². The first-order valence-corrected chi connectivity index (χ1v) is 6.59. The second-order valence-electron chi connectivity index (χ2n) is 4.85. The van der Waals surface area contributed by atoms with Crippen molar-refractivity contribution in [3.63, 3.8) is 0 Å². The molecule has 20 heavy (non-hydrogen) atoms. The van der Waals surface area contributed by atoms with Gasteiger partial charge in [0.25, 0.3) is 0 Å². The maximum Gasteiger partial charge on any atom is 0.245 e. The lowest BCUT2D eigenvalue weighted by molar-refractivity contribution is -0.126. The average Bonchev–Trinajstić information content (AvgIpc) is 2.50. The maximum absolute atomic E-state index is 12.4. The molecular formula is C15H18N2O3. The molecule has 1 N–H and O–H groups in total. The molecule has 5 heteroatoms. The fraction of sp³-hybridized carbons (Fsp3) is 0.467. The van der Waals surface area contributed by atoms with Gasteiger partial charge in [0.2, 0.25) is 5.91 Å². The van der Waals surface area contributed by atoms with Crippen molar-refractivity contribution in [2.45, 2.75) is 19.4 Å². The SMILES string of the molecule is COCc1ccccc1NC(=O)C1(C#N)CCOCC1. The molecule has 0 unspecified atom stereocenters. The van der Waals surface area contributed by atoms with Gasteiger partial charge in [-0.1, -0.05) is 18.2 Å². The van der Waals surface area contributed by atoms with Gasteiger partial charge in [0, 0.05) is 31.6 Å². The molecule has 0 saturated carbocycles. The lowest BCUT2D eigenvalue weighted by Gasteiger charge is -2.29. The van der Waals surface area contributed by atoms with Crippen molar-refractivity contribution in [2.24, 2.45) is 5.41 Å². The number of carbonyl (C=O) groups is 1. The Labute approximate surface area is 118 Å². The van der Waals surface area contributed by atoms with Crippen molar-refractivity contribution in [1.82, 2.24) is 0 Å². The third-order valence-electron chi connectivity index (χ3n) is 3.56. The van der Waals surface area contributed by atoms with E-state index in [0.717, 1.165) is 5.56 Å². The van der Waals surface area contributed by atoms with E-state index >= 15 is 0 Å². The van der Waals surface area contributed by atoms with Crippen LogP contribution in [0.5, 0.6) is 0 Å². The normalized spacial score (nSPS) is 17.2. The van der Waals surface area contributed by atoms with Gasteiger partial charge in [-0.05, 0) is 18.9 Å². The molecule has 0 aromatic heterocycles. The van der Waals surface area contributed by atoms with Gasteiger partial charge in [0.15, 0.2) is 0 Å². The van der Waals surface area contributed by atoms with Crippen LogP contribution in [-0.2, 0) is 20.9 Å². The van der Waals surface area contributed by atoms with Crippen LogP contribution in [0.2, 0.25) is 0 Å². The summed E-state index contributed by atoms with van der Waals surface area (Å²) in [7, 11) is 1.61. The molecule has 1 saturated heterocycles. The van der Waals surface area contributed by atoms with Crippen LogP contribution in [-0.4, -0.2) is 26.2 Å². The third kappa shape index (κ3) is 2.98. The maximum atomic E-state index is 12.4. The Bertz CT molecular complexity index is 516. The van der Waals surface area contributed by atoms with Crippen LogP contribution in [0.15, 0.2) is 24.3 Å². The number of para-hydroxylation sites is 1. The zero-order valence-electron chi connectivity index (χ0n) is 11.5. The molecule has 5 nitrogen and oxygen atoms in total. The van der Waals surface area contributed by atoms with Crippen LogP contribution >= 0.6 is 0 Å². The second kappa shape index (κ2) is 6.51. The lowest BCUT2D eigenvalue weighted by atomic mass is 9.81. The summed E-state index contributed by atoms with van der Waals surface area (Å²) in [6, 6.07) is 9.61. The molecule has 0 bridgehead atoms. The van der Waals surface area contributed by atoms with Gasteiger partial charge in [-0.25, -0.2) is 0 Å². The lowest BCUT2D eigenvalue weighted by Crippen LogP contribution is -2.40. The topological polar surface area (TPSA) is 71.3 Å². The van der Waals surface area contributed by atoms with E-state index in [-0.39, 0.29) is 5.91 Å². The van der Waals surface area contributed by atoms with E-state index in [2.05, 4.69) is 11.4 Å². The summed E-state index contributed by atoms with van der Waals surface area (Å²) in [4.78, 5) is 12.4. The van der Waals surface area contributed by atoms with Crippen molar-refractivity contribution in [1.29, 1.82) is 5.26 Å². The Morgan fingerprint density at radius 1 is 1.45 bits per heavy atom. The van der Waals surface area contributed by atoms with Gasteiger partial charge in [0.05, 0.1) is 12.7 Å². The summed E-state index contributed by atoms with van der Waals surface area (Å²) >= 11 is 0. The minimum atomic E-state index is -0.988. The highest BCUT2D eigenvalue weighted by Gasteiger charge is 2.40. The highest BCUT2D eigenvalue weighted by Crippen LogP contribution is 2.31. The van der Waals surface area contributed by atoms with Crippen LogP contribution in [0.3, 0.4) is 0 Å². The predicted octanol–water partition coefficient (Wildman–Crippen LogP) is 2.09. The number of nitrogens with one attached hydrogen (secondary N) is 1. The Morgan fingerprint density at radius 2 is 2.15 bits per heavy atom. The molecule has 1 aliphatic heterocycles. The van der Waals surface area contributed by atoms with Crippen molar-refractivity contribution in [3.05, 3.63) is 29.8 Å². The average molecular weight is 274 g/mol. The number of nitrogens with zero attached hydrogens (tertiary/aromatic N) is 1. The zero-order chi connectivity index (χ0) is 14.4. The molecule has 106 valence electrons. The van der Waals surface area contributed by atoms with E-state index in [1.807, 2.05) is 24.3 Å². The summed E-state index contributed by atoms with van der Waals surface area (Å²) in [5.74, 6) is -0.258. The number of hydrogen-bond donors (Lipinski definition) is 1. The molecule has 0 aliphatic carbocycles. The van der Waals surface area contributed by atoms with E-state index in [9.17, 15) is 10.1 Å². The molecule has 0 radical (unpaired) electrons. The van der Waals surface area contributed by atoms with E-state index in [1.165, 1.54) is 0 Å². The van der Waals surface area contributed by atoms with E-state index in [4.69, 9.17) is 9.47 Å². The van der Waals surface area contributed by atoms with Crippen LogP contribution in [0.25, 0.3) is 0 Å². The number of methoxy groups -OCH3 is 1. The van der Waals surface area contributed by atoms with Gasteiger partial charge in [-0.15, -0.1) is 0 Å². The van der Waals surface area contributed by atoms with Crippen LogP contribution in [0.4, 0.5) is 5.69 Å². The Morgan fingerprint density at radius 3 is 2.80 bits per heavy atom. The van der Waals surface area contributed by atoms with Crippen LogP contribution < -0.4 is 5.32 Å². The van der Waals surface area contributed by atoms with Crippen molar-refractivity contribution in [3.8, 4) is 6.07 Å². The number of hydrogen-bond acceptors (Lipinski definition) is 4. The molecule has 1 fully saturated rings. The Hall–Kier alpha value is -1.90. The summed E-state index contributed by atoms with van der Waals surface area (Å²) in [5, 5.41) is 12.2. The molecule has 1 heterocycles. The summed E-state index contributed by atoms with van der Waals surface area (Å²) in [6.45, 7) is 1.31. The third-order valence-corrected chi connectivity index (χ3v) is 3.56. The predicted molar refractivity (Wildman–Crippen MR) is 73.9 cm³/mol. The standard InChI is InChI=1S/C15H18N2O3/c1-19-10-12-4-2-3-5-13(12)17-14(18)15(11-16)6-8-20-9-7-15/h2-5H,6-10H2,1H3,(H,17,18). The molecule has 0 spiro atoms. The van der Waals surface area contributed by atoms with Gasteiger partial charge < -0.3 is 14.8 Å². The number of anilines is 1. The number of carbonyl (C=O) groups excluding carboxylic acids is 1. The number of rotatable bonds is 4. The number of amides is 1. The molecule has 1 aliphatic rings. The fourth-order valence-electron chi connectivity index (χ4n) is 2.28. The number of ether oxygens (including phenoxy) is 2. The monoisotopic (exact) mass is 274 g/mol. The number of nitriles is 1. The molecule has 1 aromatic rings. The van der Waals surface area contributed by atoms with Gasteiger partial charge >= 0.3 is 0 Å². The molecular weight excluding hydrogens is 256 g/mol. The van der Waals surface area contributed by atoms with Crippen LogP contribution in [0.1, 0.15) is 18.4 Å². The molecule has 1 amide bonds. The highest BCUT2D eigenvalue weighted by atomic mass is 16.5. The number of benzene rings is 1. The minimum Gasteiger partial charge on any atom is -0.381 e. The summed E-state index contributed by atoms with van der Waals surface area (Å²) in [6.07, 6.45) is 0.865. The molecule has 1 aromatic carbocycles. The van der Waals surface area contributed by atoms with Gasteiger partial charge in [0.1, 0.15) is 5.41 Å². The van der Waals surface area contributed by atoms with Crippen molar-refractivity contribution < 1.29 is 14.3 Å². The second-order valence-corrected chi connectivity index (χ2v) is 4.85. The van der Waals surface area contributed by atoms with Crippen LogP contribution in [0, 0.1) is 16.7 Å². The Balaban J connectivity index is 2.17. The summed E-state index contributed by atoms with van der Waals surface area (Å²) in [5.41, 5.74) is 0.599. The first-order chi connectivity index (χ1) is 9.72. The summed E-state index contributed by atoms with van der Waals surface area (Å²) < 4.78 is 10.3. The van der Waals surface area contributed by atoms with Crippen molar-refractivity contribution in [2.75, 3.05) is 25.6 Å². The quantitative estimate of drug-likeness (QED) is 0.912. The minimum absolute atomic E-state index is 0.258. The smallest absolute Gasteiger partial charge is 0.245 e. The largest absolute Gasteiger partial charge is 0.381 e.